The topological polar surface area (TPSA) is 9.86 Å². The van der Waals surface area contributed by atoms with E-state index >= 15 is 0 Å². The Balaban J connectivity index is 1.02. The molecule has 0 aliphatic heterocycles. The molecule has 1 aliphatic carbocycles. The monoisotopic (exact) mass is 658 g/mol. The van der Waals surface area contributed by atoms with Crippen LogP contribution in [0.15, 0.2) is 182 Å². The maximum atomic E-state index is 2.44. The maximum Gasteiger partial charge on any atom is 0.0547 e. The Morgan fingerprint density at radius 1 is 0.269 bits per heavy atom. The van der Waals surface area contributed by atoms with Gasteiger partial charge in [-0.1, -0.05) is 115 Å². The number of fused-ring (bicyclic) bond motifs is 10. The Morgan fingerprint density at radius 2 is 0.827 bits per heavy atom. The van der Waals surface area contributed by atoms with Crippen LogP contribution in [0, 0.1) is 0 Å². The van der Waals surface area contributed by atoms with Crippen molar-refractivity contribution >= 4 is 65.2 Å². The molecule has 0 saturated heterocycles. The van der Waals surface area contributed by atoms with E-state index in [0.717, 1.165) is 5.69 Å². The van der Waals surface area contributed by atoms with Gasteiger partial charge in [-0.15, -0.1) is 0 Å². The van der Waals surface area contributed by atoms with Gasteiger partial charge in [-0.05, 0) is 122 Å². The molecular formula is C50H30N2. The molecule has 11 aromatic rings. The van der Waals surface area contributed by atoms with Gasteiger partial charge < -0.3 is 9.13 Å². The van der Waals surface area contributed by atoms with E-state index < -0.39 is 0 Å². The van der Waals surface area contributed by atoms with Crippen LogP contribution in [-0.4, -0.2) is 9.13 Å². The van der Waals surface area contributed by atoms with Crippen molar-refractivity contribution in [2.24, 2.45) is 0 Å². The molecule has 0 bridgehead atoms. The lowest BCUT2D eigenvalue weighted by atomic mass is 9.96. The molecule has 240 valence electrons. The molecule has 0 N–H and O–H groups in total. The Labute approximate surface area is 300 Å². The lowest BCUT2D eigenvalue weighted by Gasteiger charge is -2.12. The maximum absolute atomic E-state index is 2.44. The summed E-state index contributed by atoms with van der Waals surface area (Å²) in [5.41, 5.74) is 15.0. The van der Waals surface area contributed by atoms with Crippen molar-refractivity contribution in [1.82, 2.24) is 9.13 Å². The van der Waals surface area contributed by atoms with E-state index in [9.17, 15) is 0 Å². The van der Waals surface area contributed by atoms with Crippen LogP contribution in [0.1, 0.15) is 0 Å². The molecule has 1 aliphatic rings. The van der Waals surface area contributed by atoms with Crippen molar-refractivity contribution in [3.63, 3.8) is 0 Å². The van der Waals surface area contributed by atoms with E-state index in [1.807, 2.05) is 0 Å². The molecule has 52 heavy (non-hydrogen) atoms. The Bertz CT molecular complexity index is 3280. The lowest BCUT2D eigenvalue weighted by Crippen LogP contribution is -1.96. The van der Waals surface area contributed by atoms with Crippen LogP contribution >= 0.6 is 0 Å². The average Bonchev–Trinajstić information content (AvgIpc) is 3.83. The molecule has 2 nitrogen and oxygen atoms in total. The lowest BCUT2D eigenvalue weighted by molar-refractivity contribution is 1.17. The predicted molar refractivity (Wildman–Crippen MR) is 220 cm³/mol. The minimum atomic E-state index is 1.16. The predicted octanol–water partition coefficient (Wildman–Crippen LogP) is 13.5. The van der Waals surface area contributed by atoms with E-state index in [1.165, 1.54) is 104 Å². The highest BCUT2D eigenvalue weighted by molar-refractivity contribution is 6.17. The quantitative estimate of drug-likeness (QED) is 0.179. The Morgan fingerprint density at radius 3 is 1.60 bits per heavy atom. The van der Waals surface area contributed by atoms with Gasteiger partial charge in [0.15, 0.2) is 0 Å². The summed E-state index contributed by atoms with van der Waals surface area (Å²) >= 11 is 0. The highest BCUT2D eigenvalue weighted by Crippen LogP contribution is 2.48. The molecule has 2 aromatic heterocycles. The van der Waals surface area contributed by atoms with Gasteiger partial charge >= 0.3 is 0 Å². The van der Waals surface area contributed by atoms with Crippen LogP contribution in [0.3, 0.4) is 0 Å². The first-order valence-corrected chi connectivity index (χ1v) is 18.0. The largest absolute Gasteiger partial charge is 0.309 e. The highest BCUT2D eigenvalue weighted by atomic mass is 15.0. The molecule has 2 heterocycles. The summed E-state index contributed by atoms with van der Waals surface area (Å²) in [6.07, 6.45) is 0. The van der Waals surface area contributed by atoms with Gasteiger partial charge in [-0.25, -0.2) is 0 Å². The third-order valence-corrected chi connectivity index (χ3v) is 11.4. The average molecular weight is 659 g/mol. The second-order valence-corrected chi connectivity index (χ2v) is 14.1. The number of hydrogen-bond donors (Lipinski definition) is 0. The van der Waals surface area contributed by atoms with Gasteiger partial charge in [0.1, 0.15) is 0 Å². The molecular weight excluding hydrogens is 629 g/mol. The number of hydrogen-bond acceptors (Lipinski definition) is 0. The minimum absolute atomic E-state index is 1.16. The van der Waals surface area contributed by atoms with Crippen LogP contribution in [0.5, 0.6) is 0 Å². The van der Waals surface area contributed by atoms with E-state index in [0.29, 0.717) is 0 Å². The van der Waals surface area contributed by atoms with Gasteiger partial charge in [0.05, 0.1) is 22.1 Å². The zero-order chi connectivity index (χ0) is 33.9. The summed E-state index contributed by atoms with van der Waals surface area (Å²) < 4.78 is 4.85. The van der Waals surface area contributed by atoms with Crippen molar-refractivity contribution in [1.29, 1.82) is 0 Å². The smallest absolute Gasteiger partial charge is 0.0547 e. The molecule has 0 spiro atoms. The molecule has 0 radical (unpaired) electrons. The first-order chi connectivity index (χ1) is 25.8. The summed E-state index contributed by atoms with van der Waals surface area (Å²) in [7, 11) is 0. The van der Waals surface area contributed by atoms with Crippen LogP contribution < -0.4 is 0 Å². The number of para-hydroxylation sites is 2. The van der Waals surface area contributed by atoms with Crippen molar-refractivity contribution in [2.45, 2.75) is 0 Å². The summed E-state index contributed by atoms with van der Waals surface area (Å²) in [5.74, 6) is 0. The summed E-state index contributed by atoms with van der Waals surface area (Å²) in [6.45, 7) is 0. The van der Waals surface area contributed by atoms with Gasteiger partial charge in [0.2, 0.25) is 0 Å². The third-order valence-electron chi connectivity index (χ3n) is 11.4. The van der Waals surface area contributed by atoms with Crippen molar-refractivity contribution in [3.8, 4) is 44.8 Å². The van der Waals surface area contributed by atoms with E-state index in [-0.39, 0.29) is 0 Å². The highest BCUT2D eigenvalue weighted by Gasteiger charge is 2.22. The minimum Gasteiger partial charge on any atom is -0.309 e. The number of aromatic nitrogens is 2. The summed E-state index contributed by atoms with van der Waals surface area (Å²) in [6, 6.07) is 67.3. The fourth-order valence-electron chi connectivity index (χ4n) is 9.10. The van der Waals surface area contributed by atoms with Crippen molar-refractivity contribution in [3.05, 3.63) is 182 Å². The molecule has 0 saturated carbocycles. The van der Waals surface area contributed by atoms with Gasteiger partial charge in [-0.3, -0.25) is 0 Å². The first-order valence-electron chi connectivity index (χ1n) is 18.0. The number of nitrogens with zero attached hydrogens (tertiary/aromatic N) is 2. The number of benzene rings is 9. The number of rotatable bonds is 3. The van der Waals surface area contributed by atoms with E-state index in [4.69, 9.17) is 0 Å². The molecule has 0 unspecified atom stereocenters. The molecule has 0 amide bonds. The first kappa shape index (κ1) is 27.9. The van der Waals surface area contributed by atoms with Gasteiger partial charge in [-0.2, -0.15) is 0 Å². The second-order valence-electron chi connectivity index (χ2n) is 14.1. The second kappa shape index (κ2) is 10.3. The molecule has 12 rings (SSSR count). The third kappa shape index (κ3) is 3.78. The van der Waals surface area contributed by atoms with Crippen LogP contribution in [0.25, 0.3) is 110 Å². The zero-order valence-corrected chi connectivity index (χ0v) is 28.2. The summed E-state index contributed by atoms with van der Waals surface area (Å²) in [5, 5.41) is 10.2. The van der Waals surface area contributed by atoms with Crippen LogP contribution in [0.4, 0.5) is 0 Å². The molecule has 0 fully saturated rings. The SMILES string of the molecule is c1ccc2c(c1)-c1cccc3cc(-c4ccc(-n5c6ccccc6c6cc(-n7c8ccccc8c8cc9ccccc9cc87)ccc65)cc4)cc-2c13. The van der Waals surface area contributed by atoms with E-state index in [1.54, 1.807) is 0 Å². The van der Waals surface area contributed by atoms with Crippen molar-refractivity contribution in [2.75, 3.05) is 0 Å². The Hall–Kier alpha value is -6.90. The Kier molecular flexibility index (Phi) is 5.53. The van der Waals surface area contributed by atoms with Gasteiger partial charge in [0, 0.05) is 32.9 Å². The van der Waals surface area contributed by atoms with Crippen molar-refractivity contribution < 1.29 is 0 Å². The van der Waals surface area contributed by atoms with Crippen LogP contribution in [0.2, 0.25) is 0 Å². The molecule has 2 heteroatoms. The normalized spacial score (nSPS) is 12.2. The molecule has 0 atom stereocenters. The molecule has 9 aromatic carbocycles. The fraction of sp³-hybridized carbons (Fsp3) is 0. The van der Waals surface area contributed by atoms with E-state index in [2.05, 4.69) is 191 Å². The zero-order valence-electron chi connectivity index (χ0n) is 28.2. The summed E-state index contributed by atoms with van der Waals surface area (Å²) in [4.78, 5) is 0. The standard InChI is InChI=1S/C50H30N2/c1-2-11-33-29-49-43(27-32(33)10-1)40-15-5-8-19-47(40)52(49)37-24-25-48-44(30-37)41-16-6-7-18-46(41)51(48)36-22-20-31(21-23-36)35-26-34-12-9-17-42-38-13-3-4-14-39(38)45(28-35)50(34)42/h1-30H. The van der Waals surface area contributed by atoms with Crippen LogP contribution in [-0.2, 0) is 0 Å². The van der Waals surface area contributed by atoms with Gasteiger partial charge in [0.25, 0.3) is 0 Å². The fourth-order valence-corrected chi connectivity index (χ4v) is 9.10.